The first kappa shape index (κ1) is 17.4. The zero-order chi connectivity index (χ0) is 17.8. The molecule has 7 heteroatoms. The van der Waals surface area contributed by atoms with Crippen molar-refractivity contribution in [1.82, 2.24) is 9.80 Å². The fourth-order valence-corrected chi connectivity index (χ4v) is 3.11. The van der Waals surface area contributed by atoms with Crippen molar-refractivity contribution in [1.29, 1.82) is 0 Å². The number of hydrogen-bond donors (Lipinski definition) is 0. The van der Waals surface area contributed by atoms with E-state index in [1.165, 1.54) is 12.1 Å². The average Bonchev–Trinajstić information content (AvgIpc) is 2.63. The maximum absolute atomic E-state index is 12.5. The van der Waals surface area contributed by atoms with E-state index in [4.69, 9.17) is 11.6 Å². The van der Waals surface area contributed by atoms with Crippen LogP contribution < -0.4 is 0 Å². The van der Waals surface area contributed by atoms with E-state index in [9.17, 15) is 14.9 Å². The molecule has 0 aliphatic carbocycles. The predicted molar refractivity (Wildman–Crippen MR) is 95.7 cm³/mol. The number of rotatable bonds is 4. The summed E-state index contributed by atoms with van der Waals surface area (Å²) in [5.74, 6) is -0.0411. The summed E-state index contributed by atoms with van der Waals surface area (Å²) in [5, 5.41) is 11.2. The summed E-state index contributed by atoms with van der Waals surface area (Å²) in [6.45, 7) is 3.50. The van der Waals surface area contributed by atoms with Gasteiger partial charge in [0.2, 0.25) is 0 Å². The van der Waals surface area contributed by atoms with E-state index in [1.807, 2.05) is 11.0 Å². The number of carbonyl (C=O) groups excluding carboxylic acids is 1. The second-order valence-electron chi connectivity index (χ2n) is 5.97. The normalized spacial score (nSPS) is 15.2. The average molecular weight is 360 g/mol. The number of carbonyl (C=O) groups is 1. The van der Waals surface area contributed by atoms with Gasteiger partial charge in [0.15, 0.2) is 0 Å². The number of non-ortho nitro benzene ring substituents is 1. The number of hydrogen-bond acceptors (Lipinski definition) is 4. The summed E-state index contributed by atoms with van der Waals surface area (Å²) in [5.41, 5.74) is 1.66. The smallest absolute Gasteiger partial charge is 0.269 e. The van der Waals surface area contributed by atoms with Crippen molar-refractivity contribution in [3.05, 3.63) is 74.8 Å². The highest BCUT2D eigenvalue weighted by molar-refractivity contribution is 6.33. The molecule has 1 saturated heterocycles. The molecule has 1 amide bonds. The highest BCUT2D eigenvalue weighted by Gasteiger charge is 2.23. The van der Waals surface area contributed by atoms with Gasteiger partial charge in [-0.1, -0.05) is 35.9 Å². The largest absolute Gasteiger partial charge is 0.336 e. The topological polar surface area (TPSA) is 66.7 Å². The highest BCUT2D eigenvalue weighted by atomic mass is 35.5. The van der Waals surface area contributed by atoms with Crippen LogP contribution in [0.15, 0.2) is 48.5 Å². The number of nitro groups is 1. The second kappa shape index (κ2) is 7.63. The van der Waals surface area contributed by atoms with Crippen LogP contribution in [0.3, 0.4) is 0 Å². The molecule has 1 aliphatic heterocycles. The Bertz CT molecular complexity index is 771. The molecule has 0 unspecified atom stereocenters. The van der Waals surface area contributed by atoms with Crippen LogP contribution >= 0.6 is 11.6 Å². The standard InChI is InChI=1S/C18H18ClN3O3/c19-17-4-2-1-3-16(17)18(23)21-11-9-20(10-12-21)13-14-5-7-15(8-6-14)22(24)25/h1-8H,9-13H2. The fraction of sp³-hybridized carbons (Fsp3) is 0.278. The third-order valence-electron chi connectivity index (χ3n) is 4.32. The molecule has 1 aliphatic rings. The lowest BCUT2D eigenvalue weighted by Gasteiger charge is -2.35. The van der Waals surface area contributed by atoms with Crippen LogP contribution in [0.1, 0.15) is 15.9 Å². The quantitative estimate of drug-likeness (QED) is 0.621. The Morgan fingerprint density at radius 3 is 2.28 bits per heavy atom. The van der Waals surface area contributed by atoms with Crippen LogP contribution in [-0.2, 0) is 6.54 Å². The van der Waals surface area contributed by atoms with E-state index >= 15 is 0 Å². The van der Waals surface area contributed by atoms with Crippen molar-refractivity contribution in [3.63, 3.8) is 0 Å². The van der Waals surface area contributed by atoms with Gasteiger partial charge in [-0.15, -0.1) is 0 Å². The SMILES string of the molecule is O=C(c1ccccc1Cl)N1CCN(Cc2ccc([N+](=O)[O-])cc2)CC1. The van der Waals surface area contributed by atoms with Crippen LogP contribution in [0.25, 0.3) is 0 Å². The summed E-state index contributed by atoms with van der Waals surface area (Å²) in [7, 11) is 0. The van der Waals surface area contributed by atoms with Crippen LogP contribution in [-0.4, -0.2) is 46.8 Å². The molecule has 0 spiro atoms. The number of halogens is 1. The lowest BCUT2D eigenvalue weighted by molar-refractivity contribution is -0.384. The molecule has 0 atom stereocenters. The Hall–Kier alpha value is -2.44. The molecule has 1 fully saturated rings. The van der Waals surface area contributed by atoms with Crippen LogP contribution in [0.4, 0.5) is 5.69 Å². The lowest BCUT2D eigenvalue weighted by atomic mass is 10.1. The van der Waals surface area contributed by atoms with Crippen molar-refractivity contribution >= 4 is 23.2 Å². The molecule has 1 heterocycles. The Morgan fingerprint density at radius 2 is 1.68 bits per heavy atom. The van der Waals surface area contributed by atoms with Gasteiger partial charge < -0.3 is 4.90 Å². The molecule has 3 rings (SSSR count). The molecular formula is C18H18ClN3O3. The monoisotopic (exact) mass is 359 g/mol. The summed E-state index contributed by atoms with van der Waals surface area (Å²) >= 11 is 6.10. The zero-order valence-corrected chi connectivity index (χ0v) is 14.4. The van der Waals surface area contributed by atoms with Crippen molar-refractivity contribution in [2.45, 2.75) is 6.54 Å². The number of nitro benzene ring substituents is 1. The van der Waals surface area contributed by atoms with E-state index < -0.39 is 4.92 Å². The lowest BCUT2D eigenvalue weighted by Crippen LogP contribution is -2.48. The zero-order valence-electron chi connectivity index (χ0n) is 13.6. The first-order chi connectivity index (χ1) is 12.0. The summed E-state index contributed by atoms with van der Waals surface area (Å²) < 4.78 is 0. The highest BCUT2D eigenvalue weighted by Crippen LogP contribution is 2.19. The molecular weight excluding hydrogens is 342 g/mol. The summed E-state index contributed by atoms with van der Waals surface area (Å²) in [6, 6.07) is 13.7. The van der Waals surface area contributed by atoms with Gasteiger partial charge in [0, 0.05) is 44.9 Å². The Morgan fingerprint density at radius 1 is 1.04 bits per heavy atom. The van der Waals surface area contributed by atoms with Crippen molar-refractivity contribution < 1.29 is 9.72 Å². The minimum Gasteiger partial charge on any atom is -0.336 e. The molecule has 0 N–H and O–H groups in total. The minimum absolute atomic E-state index is 0.0411. The van der Waals surface area contributed by atoms with E-state index in [0.717, 1.165) is 18.7 Å². The maximum atomic E-state index is 12.5. The molecule has 2 aromatic carbocycles. The Labute approximate surface area is 150 Å². The molecule has 0 aromatic heterocycles. The molecule has 0 bridgehead atoms. The van der Waals surface area contributed by atoms with Gasteiger partial charge in [-0.05, 0) is 17.7 Å². The van der Waals surface area contributed by atoms with E-state index in [0.29, 0.717) is 30.2 Å². The number of piperazine rings is 1. The minimum atomic E-state index is -0.400. The van der Waals surface area contributed by atoms with Crippen molar-refractivity contribution in [3.8, 4) is 0 Å². The van der Waals surface area contributed by atoms with Gasteiger partial charge in [0.05, 0.1) is 15.5 Å². The molecule has 130 valence electrons. The fourth-order valence-electron chi connectivity index (χ4n) is 2.90. The third kappa shape index (κ3) is 4.15. The summed E-state index contributed by atoms with van der Waals surface area (Å²) in [4.78, 5) is 26.9. The van der Waals surface area contributed by atoms with E-state index in [-0.39, 0.29) is 11.6 Å². The molecule has 2 aromatic rings. The van der Waals surface area contributed by atoms with Crippen molar-refractivity contribution in [2.75, 3.05) is 26.2 Å². The van der Waals surface area contributed by atoms with Gasteiger partial charge in [-0.25, -0.2) is 0 Å². The molecule has 0 saturated carbocycles. The Kier molecular flexibility index (Phi) is 5.31. The van der Waals surface area contributed by atoms with E-state index in [1.54, 1.807) is 30.3 Å². The van der Waals surface area contributed by atoms with Crippen molar-refractivity contribution in [2.24, 2.45) is 0 Å². The van der Waals surface area contributed by atoms with Gasteiger partial charge in [-0.3, -0.25) is 19.8 Å². The van der Waals surface area contributed by atoms with Gasteiger partial charge in [0.25, 0.3) is 11.6 Å². The van der Waals surface area contributed by atoms with Crippen LogP contribution in [0, 0.1) is 10.1 Å². The molecule has 25 heavy (non-hydrogen) atoms. The number of benzene rings is 2. The van der Waals surface area contributed by atoms with Gasteiger partial charge in [0.1, 0.15) is 0 Å². The van der Waals surface area contributed by atoms with Crippen LogP contribution in [0.5, 0.6) is 0 Å². The molecule has 0 radical (unpaired) electrons. The van der Waals surface area contributed by atoms with Crippen LogP contribution in [0.2, 0.25) is 5.02 Å². The van der Waals surface area contributed by atoms with Gasteiger partial charge in [-0.2, -0.15) is 0 Å². The first-order valence-corrected chi connectivity index (χ1v) is 8.42. The second-order valence-corrected chi connectivity index (χ2v) is 6.38. The molecule has 6 nitrogen and oxygen atoms in total. The van der Waals surface area contributed by atoms with Gasteiger partial charge >= 0.3 is 0 Å². The number of amides is 1. The first-order valence-electron chi connectivity index (χ1n) is 8.04. The number of nitrogens with zero attached hydrogens (tertiary/aromatic N) is 3. The predicted octanol–water partition coefficient (Wildman–Crippen LogP) is 3.21. The third-order valence-corrected chi connectivity index (χ3v) is 4.65. The van der Waals surface area contributed by atoms with E-state index in [2.05, 4.69) is 4.90 Å². The summed E-state index contributed by atoms with van der Waals surface area (Å²) in [6.07, 6.45) is 0. The Balaban J connectivity index is 1.56. The maximum Gasteiger partial charge on any atom is 0.269 e.